The molecule has 0 aromatic heterocycles. The van der Waals surface area contributed by atoms with E-state index in [0.717, 1.165) is 18.4 Å². The molecule has 0 saturated heterocycles. The standard InChI is InChI=1S/C24H25ClN2O2/c25-21-13-5-4-12-20(21)17-26-18-24(28)27-22-14-6-7-15-23(22)29-16-8-11-19-9-2-1-3-10-19/h1-7,9-10,12-15,26H,8,11,16-18H2,(H,27,28). The molecule has 150 valence electrons. The Labute approximate surface area is 176 Å². The topological polar surface area (TPSA) is 50.4 Å². The Kier molecular flexibility index (Phi) is 8.11. The normalized spacial score (nSPS) is 10.5. The first-order chi connectivity index (χ1) is 14.2. The van der Waals surface area contributed by atoms with Gasteiger partial charge < -0.3 is 15.4 Å². The molecule has 0 saturated carbocycles. The Morgan fingerprint density at radius 2 is 1.62 bits per heavy atom. The number of halogens is 1. The van der Waals surface area contributed by atoms with Crippen molar-refractivity contribution >= 4 is 23.2 Å². The van der Waals surface area contributed by atoms with Crippen LogP contribution in [0.25, 0.3) is 0 Å². The molecule has 3 aromatic rings. The molecule has 5 heteroatoms. The van der Waals surface area contributed by atoms with Crippen molar-refractivity contribution in [1.82, 2.24) is 5.32 Å². The number of carbonyl (C=O) groups excluding carboxylic acids is 1. The highest BCUT2D eigenvalue weighted by Crippen LogP contribution is 2.24. The highest BCUT2D eigenvalue weighted by molar-refractivity contribution is 6.31. The molecule has 0 fully saturated rings. The van der Waals surface area contributed by atoms with Crippen LogP contribution in [0.4, 0.5) is 5.69 Å². The van der Waals surface area contributed by atoms with Crippen molar-refractivity contribution in [2.24, 2.45) is 0 Å². The summed E-state index contributed by atoms with van der Waals surface area (Å²) >= 11 is 6.13. The van der Waals surface area contributed by atoms with Crippen molar-refractivity contribution in [2.75, 3.05) is 18.5 Å². The maximum atomic E-state index is 12.3. The maximum absolute atomic E-state index is 12.3. The zero-order valence-corrected chi connectivity index (χ0v) is 17.0. The van der Waals surface area contributed by atoms with Crippen molar-refractivity contribution in [3.05, 3.63) is 95.0 Å². The van der Waals surface area contributed by atoms with E-state index in [1.807, 2.05) is 66.7 Å². The Morgan fingerprint density at radius 1 is 0.897 bits per heavy atom. The van der Waals surface area contributed by atoms with Gasteiger partial charge in [0.2, 0.25) is 5.91 Å². The number of aryl methyl sites for hydroxylation is 1. The highest BCUT2D eigenvalue weighted by Gasteiger charge is 2.08. The average Bonchev–Trinajstić information content (AvgIpc) is 2.74. The number of para-hydroxylation sites is 2. The Morgan fingerprint density at radius 3 is 2.45 bits per heavy atom. The molecular weight excluding hydrogens is 384 g/mol. The van der Waals surface area contributed by atoms with Crippen LogP contribution in [-0.2, 0) is 17.8 Å². The van der Waals surface area contributed by atoms with Gasteiger partial charge in [-0.2, -0.15) is 0 Å². The fourth-order valence-corrected chi connectivity index (χ4v) is 3.15. The Bertz CT molecular complexity index is 916. The summed E-state index contributed by atoms with van der Waals surface area (Å²) in [6, 6.07) is 25.4. The monoisotopic (exact) mass is 408 g/mol. The number of hydrogen-bond donors (Lipinski definition) is 2. The molecule has 0 aliphatic heterocycles. The van der Waals surface area contributed by atoms with Gasteiger partial charge in [-0.3, -0.25) is 4.79 Å². The van der Waals surface area contributed by atoms with Gasteiger partial charge in [-0.15, -0.1) is 0 Å². The lowest BCUT2D eigenvalue weighted by Crippen LogP contribution is -2.28. The molecule has 1 amide bonds. The predicted molar refractivity (Wildman–Crippen MR) is 118 cm³/mol. The molecule has 3 rings (SSSR count). The average molecular weight is 409 g/mol. The second-order valence-corrected chi connectivity index (χ2v) is 7.08. The van der Waals surface area contributed by atoms with Crippen molar-refractivity contribution in [2.45, 2.75) is 19.4 Å². The molecule has 2 N–H and O–H groups in total. The van der Waals surface area contributed by atoms with Crippen LogP contribution < -0.4 is 15.4 Å². The summed E-state index contributed by atoms with van der Waals surface area (Å²) in [6.07, 6.45) is 1.87. The molecule has 29 heavy (non-hydrogen) atoms. The van der Waals surface area contributed by atoms with E-state index in [1.54, 1.807) is 0 Å². The zero-order chi connectivity index (χ0) is 20.3. The molecule has 4 nitrogen and oxygen atoms in total. The zero-order valence-electron chi connectivity index (χ0n) is 16.2. The maximum Gasteiger partial charge on any atom is 0.238 e. The van der Waals surface area contributed by atoms with Gasteiger partial charge >= 0.3 is 0 Å². The van der Waals surface area contributed by atoms with Gasteiger partial charge in [0.05, 0.1) is 18.8 Å². The third-order valence-electron chi connectivity index (χ3n) is 4.43. The molecule has 0 atom stereocenters. The van der Waals surface area contributed by atoms with Crippen LogP contribution in [-0.4, -0.2) is 19.1 Å². The summed E-state index contributed by atoms with van der Waals surface area (Å²) < 4.78 is 5.90. The predicted octanol–water partition coefficient (Wildman–Crippen LogP) is 5.08. The van der Waals surface area contributed by atoms with E-state index in [2.05, 4.69) is 22.8 Å². The molecule has 0 bridgehead atoms. The minimum Gasteiger partial charge on any atom is -0.491 e. The molecule has 0 unspecified atom stereocenters. The number of hydrogen-bond acceptors (Lipinski definition) is 3. The van der Waals surface area contributed by atoms with E-state index >= 15 is 0 Å². The Hall–Kier alpha value is -2.82. The van der Waals surface area contributed by atoms with E-state index in [0.29, 0.717) is 29.6 Å². The summed E-state index contributed by atoms with van der Waals surface area (Å²) in [6.45, 7) is 1.31. The first-order valence-electron chi connectivity index (χ1n) is 9.72. The van der Waals surface area contributed by atoms with Crippen LogP contribution >= 0.6 is 11.6 Å². The number of amides is 1. The molecule has 0 aliphatic rings. The minimum absolute atomic E-state index is 0.127. The number of rotatable bonds is 10. The molecular formula is C24H25ClN2O2. The van der Waals surface area contributed by atoms with Crippen molar-refractivity contribution in [3.63, 3.8) is 0 Å². The summed E-state index contributed by atoms with van der Waals surface area (Å²) in [4.78, 5) is 12.3. The largest absolute Gasteiger partial charge is 0.491 e. The van der Waals surface area contributed by atoms with E-state index in [9.17, 15) is 4.79 Å². The van der Waals surface area contributed by atoms with Gasteiger partial charge in [0, 0.05) is 11.6 Å². The van der Waals surface area contributed by atoms with Gasteiger partial charge in [-0.1, -0.05) is 72.3 Å². The lowest BCUT2D eigenvalue weighted by Gasteiger charge is -2.13. The Balaban J connectivity index is 1.44. The van der Waals surface area contributed by atoms with E-state index in [-0.39, 0.29) is 12.5 Å². The number of ether oxygens (including phenoxy) is 1. The fraction of sp³-hybridized carbons (Fsp3) is 0.208. The summed E-state index contributed by atoms with van der Waals surface area (Å²) in [7, 11) is 0. The summed E-state index contributed by atoms with van der Waals surface area (Å²) in [5, 5.41) is 6.72. The molecule has 0 spiro atoms. The van der Waals surface area contributed by atoms with Gasteiger partial charge in [0.25, 0.3) is 0 Å². The number of nitrogens with one attached hydrogen (secondary N) is 2. The molecule has 0 radical (unpaired) electrons. The van der Waals surface area contributed by atoms with E-state index in [1.165, 1.54) is 5.56 Å². The van der Waals surface area contributed by atoms with E-state index < -0.39 is 0 Å². The van der Waals surface area contributed by atoms with Gasteiger partial charge in [0.1, 0.15) is 5.75 Å². The van der Waals surface area contributed by atoms with Crippen LogP contribution in [0.2, 0.25) is 5.02 Å². The van der Waals surface area contributed by atoms with E-state index in [4.69, 9.17) is 16.3 Å². The SMILES string of the molecule is O=C(CNCc1ccccc1Cl)Nc1ccccc1OCCCc1ccccc1. The highest BCUT2D eigenvalue weighted by atomic mass is 35.5. The van der Waals surface area contributed by atoms with Crippen LogP contribution in [0, 0.1) is 0 Å². The first kappa shape index (κ1) is 20.9. The fourth-order valence-electron chi connectivity index (χ4n) is 2.95. The molecule has 3 aromatic carbocycles. The van der Waals surface area contributed by atoms with Crippen molar-refractivity contribution < 1.29 is 9.53 Å². The minimum atomic E-state index is -0.127. The third kappa shape index (κ3) is 6.93. The van der Waals surface area contributed by atoms with Gasteiger partial charge in [-0.05, 0) is 42.2 Å². The van der Waals surface area contributed by atoms with Crippen LogP contribution in [0.1, 0.15) is 17.5 Å². The number of carbonyl (C=O) groups is 1. The third-order valence-corrected chi connectivity index (χ3v) is 4.80. The summed E-state index contributed by atoms with van der Waals surface area (Å²) in [5.74, 6) is 0.553. The van der Waals surface area contributed by atoms with Gasteiger partial charge in [0.15, 0.2) is 0 Å². The second kappa shape index (κ2) is 11.2. The smallest absolute Gasteiger partial charge is 0.238 e. The van der Waals surface area contributed by atoms with Gasteiger partial charge in [-0.25, -0.2) is 0 Å². The lowest BCUT2D eigenvalue weighted by molar-refractivity contribution is -0.115. The first-order valence-corrected chi connectivity index (χ1v) is 10.1. The quantitative estimate of drug-likeness (QED) is 0.460. The van der Waals surface area contributed by atoms with Crippen molar-refractivity contribution in [1.29, 1.82) is 0 Å². The van der Waals surface area contributed by atoms with Crippen LogP contribution in [0.3, 0.4) is 0 Å². The van der Waals surface area contributed by atoms with Crippen molar-refractivity contribution in [3.8, 4) is 5.75 Å². The van der Waals surface area contributed by atoms with Crippen LogP contribution in [0.15, 0.2) is 78.9 Å². The number of benzene rings is 3. The lowest BCUT2D eigenvalue weighted by atomic mass is 10.1. The molecule has 0 heterocycles. The number of anilines is 1. The summed E-state index contributed by atoms with van der Waals surface area (Å²) in [5.41, 5.74) is 2.93. The second-order valence-electron chi connectivity index (χ2n) is 6.68. The molecule has 0 aliphatic carbocycles. The van der Waals surface area contributed by atoms with Crippen LogP contribution in [0.5, 0.6) is 5.75 Å².